The second-order valence-corrected chi connectivity index (χ2v) is 6.05. The highest BCUT2D eigenvalue weighted by molar-refractivity contribution is 5.88. The molecule has 1 saturated carbocycles. The molecule has 2 amide bonds. The average Bonchev–Trinajstić information content (AvgIpc) is 2.55. The number of carbonyl (C=O) groups excluding carboxylic acids is 2. The molecule has 4 N–H and O–H groups in total. The summed E-state index contributed by atoms with van der Waals surface area (Å²) in [6.07, 6.45) is 2.60. The SMILES string of the molecule is NC(=O)C(Cc1ccccc1)NC(=O)C1CCCC(C(=O)O)C1. The Morgan fingerprint density at radius 2 is 1.83 bits per heavy atom. The maximum Gasteiger partial charge on any atom is 0.306 e. The molecule has 0 aromatic heterocycles. The fraction of sp³-hybridized carbons (Fsp3) is 0.471. The maximum absolute atomic E-state index is 12.4. The first-order valence-electron chi connectivity index (χ1n) is 7.83. The van der Waals surface area contributed by atoms with Gasteiger partial charge < -0.3 is 16.2 Å². The van der Waals surface area contributed by atoms with Gasteiger partial charge in [0.25, 0.3) is 0 Å². The van der Waals surface area contributed by atoms with Crippen LogP contribution in [0.1, 0.15) is 31.2 Å². The number of benzene rings is 1. The molecule has 1 aromatic rings. The predicted molar refractivity (Wildman–Crippen MR) is 84.4 cm³/mol. The number of nitrogens with two attached hydrogens (primary N) is 1. The Morgan fingerprint density at radius 3 is 2.43 bits per heavy atom. The molecule has 0 saturated heterocycles. The highest BCUT2D eigenvalue weighted by Gasteiger charge is 2.32. The van der Waals surface area contributed by atoms with Crippen molar-refractivity contribution < 1.29 is 19.5 Å². The van der Waals surface area contributed by atoms with Crippen molar-refractivity contribution in [3.8, 4) is 0 Å². The summed E-state index contributed by atoms with van der Waals surface area (Å²) in [5.74, 6) is -2.59. The zero-order chi connectivity index (χ0) is 16.8. The number of hydrogen-bond acceptors (Lipinski definition) is 3. The fourth-order valence-corrected chi connectivity index (χ4v) is 3.01. The summed E-state index contributed by atoms with van der Waals surface area (Å²) in [5, 5.41) is 11.8. The Hall–Kier alpha value is -2.37. The van der Waals surface area contributed by atoms with Crippen molar-refractivity contribution in [3.05, 3.63) is 35.9 Å². The normalized spacial score (nSPS) is 22.1. The molecule has 124 valence electrons. The van der Waals surface area contributed by atoms with Crippen molar-refractivity contribution in [3.63, 3.8) is 0 Å². The molecule has 0 heterocycles. The monoisotopic (exact) mass is 318 g/mol. The Bertz CT molecular complexity index is 573. The van der Waals surface area contributed by atoms with E-state index in [0.717, 1.165) is 5.56 Å². The van der Waals surface area contributed by atoms with Crippen LogP contribution in [0.25, 0.3) is 0 Å². The number of nitrogens with one attached hydrogen (secondary N) is 1. The Kier molecular flexibility index (Phi) is 5.73. The van der Waals surface area contributed by atoms with E-state index in [1.54, 1.807) is 0 Å². The summed E-state index contributed by atoms with van der Waals surface area (Å²) < 4.78 is 0. The molecule has 0 aliphatic heterocycles. The molecule has 3 atom stereocenters. The van der Waals surface area contributed by atoms with E-state index in [0.29, 0.717) is 32.1 Å². The standard InChI is InChI=1S/C17H22N2O4/c18-15(20)14(9-11-5-2-1-3-6-11)19-16(21)12-7-4-8-13(10-12)17(22)23/h1-3,5-6,12-14H,4,7-10H2,(H2,18,20)(H,19,21)(H,22,23). The minimum atomic E-state index is -0.863. The minimum absolute atomic E-state index is 0.282. The molecule has 1 aliphatic rings. The van der Waals surface area contributed by atoms with Crippen LogP contribution in [0, 0.1) is 11.8 Å². The Morgan fingerprint density at radius 1 is 1.17 bits per heavy atom. The maximum atomic E-state index is 12.4. The third-order valence-corrected chi connectivity index (χ3v) is 4.34. The molecule has 1 aromatic carbocycles. The second-order valence-electron chi connectivity index (χ2n) is 6.05. The highest BCUT2D eigenvalue weighted by atomic mass is 16.4. The number of carbonyl (C=O) groups is 3. The van der Waals surface area contributed by atoms with Crippen molar-refractivity contribution in [2.45, 2.75) is 38.1 Å². The van der Waals surface area contributed by atoms with E-state index in [-0.39, 0.29) is 11.8 Å². The number of aliphatic carboxylic acids is 1. The van der Waals surface area contributed by atoms with Crippen LogP contribution in [0.2, 0.25) is 0 Å². The van der Waals surface area contributed by atoms with Gasteiger partial charge in [-0.1, -0.05) is 36.8 Å². The van der Waals surface area contributed by atoms with Crippen molar-refractivity contribution in [2.75, 3.05) is 0 Å². The molecule has 6 heteroatoms. The predicted octanol–water partition coefficient (Wildman–Crippen LogP) is 1.09. The van der Waals surface area contributed by atoms with Crippen LogP contribution in [0.5, 0.6) is 0 Å². The fourth-order valence-electron chi connectivity index (χ4n) is 3.01. The topological polar surface area (TPSA) is 109 Å². The zero-order valence-corrected chi connectivity index (χ0v) is 12.9. The van der Waals surface area contributed by atoms with E-state index < -0.39 is 23.8 Å². The van der Waals surface area contributed by atoms with E-state index >= 15 is 0 Å². The zero-order valence-electron chi connectivity index (χ0n) is 12.9. The van der Waals surface area contributed by atoms with Crippen LogP contribution < -0.4 is 11.1 Å². The molecule has 1 aliphatic carbocycles. The van der Waals surface area contributed by atoms with Crippen LogP contribution in [0.3, 0.4) is 0 Å². The number of carboxylic acids is 1. The van der Waals surface area contributed by atoms with Gasteiger partial charge in [-0.2, -0.15) is 0 Å². The summed E-state index contributed by atoms with van der Waals surface area (Å²) in [6.45, 7) is 0. The van der Waals surface area contributed by atoms with Gasteiger partial charge in [0.1, 0.15) is 6.04 Å². The lowest BCUT2D eigenvalue weighted by Crippen LogP contribution is -2.48. The largest absolute Gasteiger partial charge is 0.481 e. The van der Waals surface area contributed by atoms with Crippen LogP contribution in [0.15, 0.2) is 30.3 Å². The number of primary amides is 1. The molecular weight excluding hydrogens is 296 g/mol. The lowest BCUT2D eigenvalue weighted by molar-refractivity contribution is -0.144. The van der Waals surface area contributed by atoms with Crippen molar-refractivity contribution in [1.29, 1.82) is 0 Å². The van der Waals surface area contributed by atoms with Gasteiger partial charge in [0.2, 0.25) is 11.8 Å². The van der Waals surface area contributed by atoms with Gasteiger partial charge in [-0.05, 0) is 24.8 Å². The van der Waals surface area contributed by atoms with Gasteiger partial charge in [0.05, 0.1) is 5.92 Å². The molecule has 23 heavy (non-hydrogen) atoms. The quantitative estimate of drug-likeness (QED) is 0.729. The van der Waals surface area contributed by atoms with Crippen molar-refractivity contribution >= 4 is 17.8 Å². The third-order valence-electron chi connectivity index (χ3n) is 4.34. The van der Waals surface area contributed by atoms with Gasteiger partial charge in [-0.15, -0.1) is 0 Å². The number of amides is 2. The van der Waals surface area contributed by atoms with Crippen LogP contribution >= 0.6 is 0 Å². The van der Waals surface area contributed by atoms with Crippen molar-refractivity contribution in [1.82, 2.24) is 5.32 Å². The minimum Gasteiger partial charge on any atom is -0.481 e. The van der Waals surface area contributed by atoms with E-state index in [4.69, 9.17) is 10.8 Å². The van der Waals surface area contributed by atoms with Crippen LogP contribution in [0.4, 0.5) is 0 Å². The van der Waals surface area contributed by atoms with Gasteiger partial charge in [0, 0.05) is 12.3 Å². The lowest BCUT2D eigenvalue weighted by Gasteiger charge is -2.27. The smallest absolute Gasteiger partial charge is 0.306 e. The molecule has 0 bridgehead atoms. The summed E-state index contributed by atoms with van der Waals surface area (Å²) in [4.78, 5) is 35.1. The summed E-state index contributed by atoms with van der Waals surface area (Å²) in [7, 11) is 0. The molecule has 6 nitrogen and oxygen atoms in total. The van der Waals surface area contributed by atoms with E-state index in [9.17, 15) is 14.4 Å². The first-order valence-corrected chi connectivity index (χ1v) is 7.83. The lowest BCUT2D eigenvalue weighted by atomic mass is 9.81. The van der Waals surface area contributed by atoms with Gasteiger partial charge in [-0.25, -0.2) is 0 Å². The van der Waals surface area contributed by atoms with Crippen LogP contribution in [-0.2, 0) is 20.8 Å². The summed E-state index contributed by atoms with van der Waals surface area (Å²) in [6, 6.07) is 8.53. The first-order chi connectivity index (χ1) is 11.0. The number of rotatable bonds is 6. The summed E-state index contributed by atoms with van der Waals surface area (Å²) >= 11 is 0. The van der Waals surface area contributed by atoms with Gasteiger partial charge >= 0.3 is 5.97 Å². The molecule has 0 radical (unpaired) electrons. The Labute approximate surface area is 135 Å². The molecule has 3 unspecified atom stereocenters. The van der Waals surface area contributed by atoms with E-state index in [1.165, 1.54) is 0 Å². The summed E-state index contributed by atoms with van der Waals surface area (Å²) in [5.41, 5.74) is 6.30. The number of hydrogen-bond donors (Lipinski definition) is 3. The second kappa shape index (κ2) is 7.76. The molecule has 2 rings (SSSR count). The van der Waals surface area contributed by atoms with Gasteiger partial charge in [0.15, 0.2) is 0 Å². The molecular formula is C17H22N2O4. The van der Waals surface area contributed by atoms with Crippen molar-refractivity contribution in [2.24, 2.45) is 17.6 Å². The average molecular weight is 318 g/mol. The molecule has 0 spiro atoms. The highest BCUT2D eigenvalue weighted by Crippen LogP contribution is 2.29. The first kappa shape index (κ1) is 17.0. The van der Waals surface area contributed by atoms with E-state index in [1.807, 2.05) is 30.3 Å². The Balaban J connectivity index is 1.98. The number of carboxylic acid groups (broad SMARTS) is 1. The van der Waals surface area contributed by atoms with Gasteiger partial charge in [-0.3, -0.25) is 14.4 Å². The van der Waals surface area contributed by atoms with Crippen LogP contribution in [-0.4, -0.2) is 28.9 Å². The third kappa shape index (κ3) is 4.81. The van der Waals surface area contributed by atoms with E-state index in [2.05, 4.69) is 5.32 Å². The molecule has 1 fully saturated rings.